The van der Waals surface area contributed by atoms with E-state index in [1.54, 1.807) is 0 Å². The Kier molecular flexibility index (Phi) is 3.33. The number of carbonyl (C=O) groups is 1. The molecule has 0 aromatic heterocycles. The first kappa shape index (κ1) is 14.3. The third kappa shape index (κ3) is 2.71. The van der Waals surface area contributed by atoms with E-state index in [1.807, 2.05) is 0 Å². The zero-order valence-electron chi connectivity index (χ0n) is 12.3. The SMILES string of the molecule is CC(OC(=O)CC12CCCC(C1)C1CC1C2)C(C)(F)F. The maximum atomic E-state index is 13.1. The first-order chi connectivity index (χ1) is 9.29. The van der Waals surface area contributed by atoms with Crippen LogP contribution in [0, 0.1) is 23.2 Å². The molecule has 5 unspecified atom stereocenters. The molecule has 0 aliphatic heterocycles. The molecule has 0 N–H and O–H groups in total. The van der Waals surface area contributed by atoms with Gasteiger partial charge in [0.2, 0.25) is 0 Å². The second-order valence-corrected chi connectivity index (χ2v) is 7.49. The van der Waals surface area contributed by atoms with Crippen molar-refractivity contribution in [2.45, 2.75) is 70.8 Å². The van der Waals surface area contributed by atoms with Crippen LogP contribution in [0.3, 0.4) is 0 Å². The molecule has 3 rings (SSSR count). The molecule has 0 saturated heterocycles. The standard InChI is InChI=1S/C16H24F2O2/c1-10(15(2,17)18)20-14(19)9-16-5-3-4-11(7-16)13-6-12(13)8-16/h10-13H,3-9H2,1-2H3. The van der Waals surface area contributed by atoms with E-state index in [0.29, 0.717) is 6.42 Å². The molecule has 3 fully saturated rings. The fourth-order valence-electron chi connectivity index (χ4n) is 4.57. The Morgan fingerprint density at radius 3 is 2.80 bits per heavy atom. The van der Waals surface area contributed by atoms with Crippen LogP contribution < -0.4 is 0 Å². The summed E-state index contributed by atoms with van der Waals surface area (Å²) in [6, 6.07) is 0. The van der Waals surface area contributed by atoms with Crippen LogP contribution in [0.5, 0.6) is 0 Å². The summed E-state index contributed by atoms with van der Waals surface area (Å²) in [6.45, 7) is 2.08. The second kappa shape index (κ2) is 4.67. The number of fused-ring (bicyclic) bond motifs is 4. The number of halogens is 2. The van der Waals surface area contributed by atoms with Gasteiger partial charge in [0.25, 0.3) is 5.92 Å². The molecule has 3 aliphatic carbocycles. The second-order valence-electron chi connectivity index (χ2n) is 7.49. The number of carbonyl (C=O) groups excluding carboxylic acids is 1. The van der Waals surface area contributed by atoms with Gasteiger partial charge in [0.15, 0.2) is 6.10 Å². The average Bonchev–Trinajstić information content (AvgIpc) is 3.06. The predicted octanol–water partition coefficient (Wildman–Crippen LogP) is 4.18. The molecule has 0 spiro atoms. The van der Waals surface area contributed by atoms with Gasteiger partial charge in [-0.05, 0) is 55.8 Å². The van der Waals surface area contributed by atoms with Gasteiger partial charge in [0, 0.05) is 6.92 Å². The van der Waals surface area contributed by atoms with Gasteiger partial charge >= 0.3 is 5.97 Å². The molecule has 0 aromatic carbocycles. The highest BCUT2D eigenvalue weighted by molar-refractivity contribution is 5.70. The molecule has 114 valence electrons. The third-order valence-corrected chi connectivity index (χ3v) is 5.80. The lowest BCUT2D eigenvalue weighted by atomic mass is 9.61. The van der Waals surface area contributed by atoms with Crippen LogP contribution in [-0.4, -0.2) is 18.0 Å². The third-order valence-electron chi connectivity index (χ3n) is 5.80. The lowest BCUT2D eigenvalue weighted by Gasteiger charge is -2.44. The van der Waals surface area contributed by atoms with Crippen LogP contribution in [0.25, 0.3) is 0 Å². The summed E-state index contributed by atoms with van der Waals surface area (Å²) < 4.78 is 31.2. The Labute approximate surface area is 119 Å². The Morgan fingerprint density at radius 2 is 2.10 bits per heavy atom. The molecule has 2 nitrogen and oxygen atoms in total. The van der Waals surface area contributed by atoms with Gasteiger partial charge in [-0.1, -0.05) is 12.8 Å². The van der Waals surface area contributed by atoms with E-state index < -0.39 is 18.0 Å². The smallest absolute Gasteiger partial charge is 0.306 e. The molecule has 4 heteroatoms. The zero-order chi connectivity index (χ0) is 14.5. The Hall–Kier alpha value is -0.670. The van der Waals surface area contributed by atoms with E-state index in [4.69, 9.17) is 4.74 Å². The number of rotatable bonds is 4. The quantitative estimate of drug-likeness (QED) is 0.725. The lowest BCUT2D eigenvalue weighted by molar-refractivity contribution is -0.171. The zero-order valence-corrected chi connectivity index (χ0v) is 12.3. The van der Waals surface area contributed by atoms with Gasteiger partial charge in [0.05, 0.1) is 6.42 Å². The van der Waals surface area contributed by atoms with Crippen molar-refractivity contribution in [2.24, 2.45) is 23.2 Å². The highest BCUT2D eigenvalue weighted by atomic mass is 19.3. The van der Waals surface area contributed by atoms with Crippen molar-refractivity contribution in [1.29, 1.82) is 0 Å². The van der Waals surface area contributed by atoms with Gasteiger partial charge in [-0.3, -0.25) is 4.79 Å². The Bertz CT molecular complexity index is 404. The number of ether oxygens (including phenoxy) is 1. The van der Waals surface area contributed by atoms with E-state index >= 15 is 0 Å². The van der Waals surface area contributed by atoms with Gasteiger partial charge < -0.3 is 4.74 Å². The molecule has 5 atom stereocenters. The molecule has 2 bridgehead atoms. The van der Waals surface area contributed by atoms with E-state index in [-0.39, 0.29) is 5.41 Å². The van der Waals surface area contributed by atoms with E-state index in [2.05, 4.69) is 0 Å². The minimum Gasteiger partial charge on any atom is -0.456 e. The van der Waals surface area contributed by atoms with Crippen molar-refractivity contribution < 1.29 is 18.3 Å². The van der Waals surface area contributed by atoms with Crippen LogP contribution in [0.4, 0.5) is 8.78 Å². The normalized spacial score (nSPS) is 40.7. The first-order valence-electron chi connectivity index (χ1n) is 7.86. The Balaban J connectivity index is 1.60. The fraction of sp³-hybridized carbons (Fsp3) is 0.938. The molecule has 3 aliphatic rings. The van der Waals surface area contributed by atoms with Crippen molar-refractivity contribution in [2.75, 3.05) is 0 Å². The Morgan fingerprint density at radius 1 is 1.40 bits per heavy atom. The number of alkyl halides is 2. The maximum Gasteiger partial charge on any atom is 0.306 e. The summed E-state index contributed by atoms with van der Waals surface area (Å²) in [7, 11) is 0. The molecule has 0 radical (unpaired) electrons. The van der Waals surface area contributed by atoms with Crippen LogP contribution in [0.2, 0.25) is 0 Å². The van der Waals surface area contributed by atoms with Crippen molar-refractivity contribution in [3.8, 4) is 0 Å². The maximum absolute atomic E-state index is 13.1. The van der Waals surface area contributed by atoms with Gasteiger partial charge in [-0.15, -0.1) is 0 Å². The summed E-state index contributed by atoms with van der Waals surface area (Å²) in [5, 5.41) is 0. The summed E-state index contributed by atoms with van der Waals surface area (Å²) in [4.78, 5) is 12.0. The van der Waals surface area contributed by atoms with Crippen molar-refractivity contribution in [1.82, 2.24) is 0 Å². The molecule has 0 aromatic rings. The van der Waals surface area contributed by atoms with E-state index in [9.17, 15) is 13.6 Å². The highest BCUT2D eigenvalue weighted by Crippen LogP contribution is 2.64. The van der Waals surface area contributed by atoms with Crippen molar-refractivity contribution in [3.05, 3.63) is 0 Å². The van der Waals surface area contributed by atoms with Gasteiger partial charge in [-0.25, -0.2) is 8.78 Å². The lowest BCUT2D eigenvalue weighted by Crippen LogP contribution is -2.38. The minimum absolute atomic E-state index is 0.0560. The van der Waals surface area contributed by atoms with Crippen molar-refractivity contribution in [3.63, 3.8) is 0 Å². The van der Waals surface area contributed by atoms with Crippen LogP contribution in [-0.2, 0) is 9.53 Å². The minimum atomic E-state index is -2.96. The first-order valence-corrected chi connectivity index (χ1v) is 7.86. The summed E-state index contributed by atoms with van der Waals surface area (Å²) in [5.41, 5.74) is 0.0560. The predicted molar refractivity (Wildman–Crippen MR) is 71.4 cm³/mol. The van der Waals surface area contributed by atoms with E-state index in [0.717, 1.165) is 43.9 Å². The van der Waals surface area contributed by atoms with Crippen LogP contribution in [0.1, 0.15) is 58.8 Å². The van der Waals surface area contributed by atoms with E-state index in [1.165, 1.54) is 26.2 Å². The molecule has 0 amide bonds. The molecule has 20 heavy (non-hydrogen) atoms. The van der Waals surface area contributed by atoms with Gasteiger partial charge in [-0.2, -0.15) is 0 Å². The van der Waals surface area contributed by atoms with Crippen LogP contribution in [0.15, 0.2) is 0 Å². The molecular weight excluding hydrogens is 262 g/mol. The van der Waals surface area contributed by atoms with Crippen LogP contribution >= 0.6 is 0 Å². The number of hydrogen-bond acceptors (Lipinski definition) is 2. The van der Waals surface area contributed by atoms with Gasteiger partial charge in [0.1, 0.15) is 0 Å². The van der Waals surface area contributed by atoms with Crippen molar-refractivity contribution >= 4 is 5.97 Å². The average molecular weight is 286 g/mol. The monoisotopic (exact) mass is 286 g/mol. The topological polar surface area (TPSA) is 26.3 Å². The fourth-order valence-corrected chi connectivity index (χ4v) is 4.57. The largest absolute Gasteiger partial charge is 0.456 e. The number of hydrogen-bond donors (Lipinski definition) is 0. The molecule has 0 heterocycles. The summed E-state index contributed by atoms with van der Waals surface area (Å²) in [6.07, 6.45) is 6.10. The summed E-state index contributed by atoms with van der Waals surface area (Å²) in [5.74, 6) is -0.916. The number of esters is 1. The highest BCUT2D eigenvalue weighted by Gasteiger charge is 2.55. The molecular formula is C16H24F2O2. The summed E-state index contributed by atoms with van der Waals surface area (Å²) >= 11 is 0. The molecule has 3 saturated carbocycles.